The van der Waals surface area contributed by atoms with E-state index in [1.807, 2.05) is 12.1 Å². The first-order valence-corrected chi connectivity index (χ1v) is 6.00. The second-order valence-electron chi connectivity index (χ2n) is 4.09. The fourth-order valence-corrected chi connectivity index (χ4v) is 1.76. The SMILES string of the molecule is O=C(Nc1ncccn1)c1ccc(-c2cn[nH]c2)cc1. The van der Waals surface area contributed by atoms with E-state index >= 15 is 0 Å². The first kappa shape index (κ1) is 12.0. The molecule has 1 aromatic carbocycles. The Bertz CT molecular complexity index is 692. The molecule has 3 rings (SSSR count). The van der Waals surface area contributed by atoms with Gasteiger partial charge in [0.2, 0.25) is 5.95 Å². The Balaban J connectivity index is 1.76. The Morgan fingerprint density at radius 1 is 1.05 bits per heavy atom. The number of aromatic nitrogens is 4. The molecule has 6 heteroatoms. The number of H-pyrrole nitrogens is 1. The number of nitrogens with one attached hydrogen (secondary N) is 2. The Labute approximate surface area is 114 Å². The van der Waals surface area contributed by atoms with Gasteiger partial charge in [0, 0.05) is 29.7 Å². The Morgan fingerprint density at radius 3 is 2.45 bits per heavy atom. The highest BCUT2D eigenvalue weighted by atomic mass is 16.1. The monoisotopic (exact) mass is 265 g/mol. The molecule has 2 N–H and O–H groups in total. The van der Waals surface area contributed by atoms with Crippen LogP contribution in [0.25, 0.3) is 11.1 Å². The molecule has 0 aliphatic heterocycles. The molecule has 0 bridgehead atoms. The van der Waals surface area contributed by atoms with Crippen molar-refractivity contribution in [3.05, 3.63) is 60.7 Å². The molecule has 0 spiro atoms. The molecule has 0 unspecified atom stereocenters. The molecule has 0 saturated heterocycles. The number of benzene rings is 1. The molecule has 2 aromatic heterocycles. The number of hydrogen-bond acceptors (Lipinski definition) is 4. The number of carbonyl (C=O) groups excluding carboxylic acids is 1. The lowest BCUT2D eigenvalue weighted by Crippen LogP contribution is -2.13. The van der Waals surface area contributed by atoms with E-state index in [4.69, 9.17) is 0 Å². The van der Waals surface area contributed by atoms with Crippen molar-refractivity contribution >= 4 is 11.9 Å². The van der Waals surface area contributed by atoms with Crippen molar-refractivity contribution < 1.29 is 4.79 Å². The Kier molecular flexibility index (Phi) is 3.20. The predicted octanol–water partition coefficient (Wildman–Crippen LogP) is 2.12. The molecule has 0 radical (unpaired) electrons. The zero-order valence-electron chi connectivity index (χ0n) is 10.4. The quantitative estimate of drug-likeness (QED) is 0.759. The fraction of sp³-hybridized carbons (Fsp3) is 0. The number of rotatable bonds is 3. The molecule has 0 aliphatic carbocycles. The second-order valence-corrected chi connectivity index (χ2v) is 4.09. The Morgan fingerprint density at radius 2 is 1.80 bits per heavy atom. The zero-order valence-corrected chi connectivity index (χ0v) is 10.4. The number of hydrogen-bond donors (Lipinski definition) is 2. The number of anilines is 1. The van der Waals surface area contributed by atoms with E-state index in [-0.39, 0.29) is 11.9 Å². The summed E-state index contributed by atoms with van der Waals surface area (Å²) in [5.41, 5.74) is 2.51. The van der Waals surface area contributed by atoms with Crippen molar-refractivity contribution in [3.8, 4) is 11.1 Å². The van der Waals surface area contributed by atoms with Crippen LogP contribution in [0.5, 0.6) is 0 Å². The van der Waals surface area contributed by atoms with Crippen LogP contribution in [0.4, 0.5) is 5.95 Å². The maximum absolute atomic E-state index is 12.0. The van der Waals surface area contributed by atoms with Gasteiger partial charge in [-0.05, 0) is 23.8 Å². The summed E-state index contributed by atoms with van der Waals surface area (Å²) in [4.78, 5) is 19.9. The van der Waals surface area contributed by atoms with Crippen LogP contribution in [0, 0.1) is 0 Å². The van der Waals surface area contributed by atoms with Crippen molar-refractivity contribution in [1.29, 1.82) is 0 Å². The average molecular weight is 265 g/mol. The minimum Gasteiger partial charge on any atom is -0.290 e. The highest BCUT2D eigenvalue weighted by Crippen LogP contribution is 2.18. The topological polar surface area (TPSA) is 83.6 Å². The normalized spacial score (nSPS) is 10.2. The zero-order chi connectivity index (χ0) is 13.8. The molecule has 6 nitrogen and oxygen atoms in total. The first-order valence-electron chi connectivity index (χ1n) is 6.00. The van der Waals surface area contributed by atoms with Gasteiger partial charge in [-0.2, -0.15) is 5.10 Å². The van der Waals surface area contributed by atoms with Crippen molar-refractivity contribution in [2.45, 2.75) is 0 Å². The van der Waals surface area contributed by atoms with E-state index in [9.17, 15) is 4.79 Å². The third-order valence-corrected chi connectivity index (χ3v) is 2.77. The van der Waals surface area contributed by atoms with E-state index in [0.717, 1.165) is 11.1 Å². The molecule has 0 aliphatic rings. The van der Waals surface area contributed by atoms with Gasteiger partial charge in [-0.3, -0.25) is 15.2 Å². The predicted molar refractivity (Wildman–Crippen MR) is 74.0 cm³/mol. The second kappa shape index (κ2) is 5.31. The van der Waals surface area contributed by atoms with Gasteiger partial charge in [-0.15, -0.1) is 0 Å². The number of amides is 1. The van der Waals surface area contributed by atoms with Gasteiger partial charge >= 0.3 is 0 Å². The lowest BCUT2D eigenvalue weighted by atomic mass is 10.1. The molecule has 2 heterocycles. The minimum absolute atomic E-state index is 0.241. The van der Waals surface area contributed by atoms with E-state index < -0.39 is 0 Å². The third-order valence-electron chi connectivity index (χ3n) is 2.77. The van der Waals surface area contributed by atoms with E-state index in [0.29, 0.717) is 5.56 Å². The van der Waals surface area contributed by atoms with Gasteiger partial charge in [0.25, 0.3) is 5.91 Å². The summed E-state index contributed by atoms with van der Waals surface area (Å²) < 4.78 is 0. The van der Waals surface area contributed by atoms with E-state index in [1.165, 1.54) is 0 Å². The molecule has 0 saturated carbocycles. The molecule has 0 atom stereocenters. The van der Waals surface area contributed by atoms with Crippen LogP contribution in [0.1, 0.15) is 10.4 Å². The van der Waals surface area contributed by atoms with Crippen molar-refractivity contribution in [3.63, 3.8) is 0 Å². The van der Waals surface area contributed by atoms with Crippen LogP contribution in [-0.2, 0) is 0 Å². The van der Waals surface area contributed by atoms with Gasteiger partial charge in [0.15, 0.2) is 0 Å². The highest BCUT2D eigenvalue weighted by Gasteiger charge is 2.07. The molecule has 3 aromatic rings. The number of aromatic amines is 1. The van der Waals surface area contributed by atoms with Crippen LogP contribution in [0.15, 0.2) is 55.1 Å². The van der Waals surface area contributed by atoms with Gasteiger partial charge < -0.3 is 0 Å². The molecule has 0 fully saturated rings. The molecular formula is C14H11N5O. The maximum Gasteiger partial charge on any atom is 0.258 e. The summed E-state index contributed by atoms with van der Waals surface area (Å²) in [6.45, 7) is 0. The maximum atomic E-state index is 12.0. The van der Waals surface area contributed by atoms with Gasteiger partial charge in [-0.25, -0.2) is 9.97 Å². The third kappa shape index (κ3) is 2.54. The van der Waals surface area contributed by atoms with E-state index in [2.05, 4.69) is 25.5 Å². The van der Waals surface area contributed by atoms with E-state index in [1.54, 1.807) is 43.0 Å². The highest BCUT2D eigenvalue weighted by molar-refractivity contribution is 6.03. The average Bonchev–Trinajstić information content (AvgIpc) is 3.03. The van der Waals surface area contributed by atoms with Crippen molar-refractivity contribution in [2.75, 3.05) is 5.32 Å². The largest absolute Gasteiger partial charge is 0.290 e. The van der Waals surface area contributed by atoms with Gasteiger partial charge in [0.05, 0.1) is 6.20 Å². The smallest absolute Gasteiger partial charge is 0.258 e. The summed E-state index contributed by atoms with van der Waals surface area (Å²) in [7, 11) is 0. The van der Waals surface area contributed by atoms with Gasteiger partial charge in [0.1, 0.15) is 0 Å². The summed E-state index contributed by atoms with van der Waals surface area (Å²) in [6, 6.07) is 8.92. The molecular weight excluding hydrogens is 254 g/mol. The van der Waals surface area contributed by atoms with Gasteiger partial charge in [-0.1, -0.05) is 12.1 Å². The molecule has 20 heavy (non-hydrogen) atoms. The Hall–Kier alpha value is -3.02. The first-order chi connectivity index (χ1) is 9.83. The van der Waals surface area contributed by atoms with Crippen LogP contribution < -0.4 is 5.32 Å². The molecule has 98 valence electrons. The lowest BCUT2D eigenvalue weighted by Gasteiger charge is -2.04. The summed E-state index contributed by atoms with van der Waals surface area (Å²) >= 11 is 0. The van der Waals surface area contributed by atoms with Crippen molar-refractivity contribution in [2.24, 2.45) is 0 Å². The minimum atomic E-state index is -0.241. The van der Waals surface area contributed by atoms with Crippen LogP contribution in [-0.4, -0.2) is 26.1 Å². The van der Waals surface area contributed by atoms with Crippen LogP contribution in [0.3, 0.4) is 0 Å². The number of nitrogens with zero attached hydrogens (tertiary/aromatic N) is 3. The van der Waals surface area contributed by atoms with Crippen LogP contribution >= 0.6 is 0 Å². The standard InChI is InChI=1S/C14H11N5O/c20-13(19-14-15-6-1-7-16-14)11-4-2-10(3-5-11)12-8-17-18-9-12/h1-9H,(H,17,18)(H,15,16,19,20). The summed E-state index contributed by atoms with van der Waals surface area (Å²) in [6.07, 6.45) is 6.68. The van der Waals surface area contributed by atoms with Crippen LogP contribution in [0.2, 0.25) is 0 Å². The van der Waals surface area contributed by atoms with Crippen molar-refractivity contribution in [1.82, 2.24) is 20.2 Å². The summed E-state index contributed by atoms with van der Waals surface area (Å²) in [5, 5.41) is 9.28. The summed E-state index contributed by atoms with van der Waals surface area (Å²) in [5.74, 6) is 0.0476. The molecule has 1 amide bonds. The lowest BCUT2D eigenvalue weighted by molar-refractivity contribution is 0.102. The fourth-order valence-electron chi connectivity index (χ4n) is 1.76. The number of carbonyl (C=O) groups is 1.